The van der Waals surface area contributed by atoms with Crippen LogP contribution >= 0.6 is 0 Å². The monoisotopic (exact) mass is 285 g/mol. The number of aryl methyl sites for hydroxylation is 1. The van der Waals surface area contributed by atoms with Gasteiger partial charge in [0.15, 0.2) is 11.5 Å². The Bertz CT molecular complexity index is 701. The minimum atomic E-state index is -0.248. The van der Waals surface area contributed by atoms with Crippen LogP contribution in [0.2, 0.25) is 0 Å². The van der Waals surface area contributed by atoms with E-state index in [-0.39, 0.29) is 5.91 Å². The number of hydrogen-bond donors (Lipinski definition) is 2. The van der Waals surface area contributed by atoms with Gasteiger partial charge in [0.1, 0.15) is 13.2 Å². The number of fused-ring (bicyclic) bond motifs is 1. The van der Waals surface area contributed by atoms with Crippen LogP contribution in [0.15, 0.2) is 30.5 Å². The Hall–Kier alpha value is -2.76. The van der Waals surface area contributed by atoms with E-state index in [1.54, 1.807) is 37.4 Å². The van der Waals surface area contributed by atoms with Gasteiger partial charge in [0, 0.05) is 5.56 Å². The van der Waals surface area contributed by atoms with Crippen molar-refractivity contribution in [3.63, 3.8) is 0 Å². The third kappa shape index (κ3) is 2.74. The third-order valence-electron chi connectivity index (χ3n) is 3.16. The molecule has 108 valence electrons. The molecule has 1 aromatic carbocycles. The van der Waals surface area contributed by atoms with Crippen LogP contribution in [0.3, 0.4) is 0 Å². The number of carbonyl (C=O) groups excluding carboxylic acids is 1. The van der Waals surface area contributed by atoms with Gasteiger partial charge in [-0.25, -0.2) is 0 Å². The lowest BCUT2D eigenvalue weighted by molar-refractivity contribution is 0.102. The van der Waals surface area contributed by atoms with Crippen LogP contribution in [0, 0.1) is 6.92 Å². The van der Waals surface area contributed by atoms with Crippen molar-refractivity contribution in [2.45, 2.75) is 6.92 Å². The molecule has 3 N–H and O–H groups in total. The summed E-state index contributed by atoms with van der Waals surface area (Å²) in [5, 5.41) is 2.80. The van der Waals surface area contributed by atoms with E-state index in [2.05, 4.69) is 10.3 Å². The number of ether oxygens (including phenoxy) is 2. The summed E-state index contributed by atoms with van der Waals surface area (Å²) >= 11 is 0. The highest BCUT2D eigenvalue weighted by atomic mass is 16.6. The first-order valence-electron chi connectivity index (χ1n) is 6.56. The van der Waals surface area contributed by atoms with E-state index in [9.17, 15) is 4.79 Å². The molecular weight excluding hydrogens is 270 g/mol. The quantitative estimate of drug-likeness (QED) is 0.881. The highest BCUT2D eigenvalue weighted by Gasteiger charge is 2.15. The topological polar surface area (TPSA) is 86.5 Å². The molecule has 0 saturated heterocycles. The largest absolute Gasteiger partial charge is 0.486 e. The Kier molecular flexibility index (Phi) is 3.35. The normalized spacial score (nSPS) is 12.8. The minimum absolute atomic E-state index is 0.248. The molecule has 0 aliphatic carbocycles. The fraction of sp³-hybridized carbons (Fsp3) is 0.200. The van der Waals surface area contributed by atoms with Crippen LogP contribution in [-0.2, 0) is 0 Å². The van der Waals surface area contributed by atoms with Crippen LogP contribution < -0.4 is 20.5 Å². The van der Waals surface area contributed by atoms with Crippen molar-refractivity contribution in [2.75, 3.05) is 24.3 Å². The fourth-order valence-electron chi connectivity index (χ4n) is 2.05. The molecule has 0 unspecified atom stereocenters. The average Bonchev–Trinajstić information content (AvgIpc) is 2.50. The summed E-state index contributed by atoms with van der Waals surface area (Å²) in [5.41, 5.74) is 7.96. The average molecular weight is 285 g/mol. The van der Waals surface area contributed by atoms with E-state index in [1.165, 1.54) is 0 Å². The predicted octanol–water partition coefficient (Wildman–Crippen LogP) is 2.00. The Balaban J connectivity index is 1.83. The van der Waals surface area contributed by atoms with E-state index in [1.807, 2.05) is 0 Å². The van der Waals surface area contributed by atoms with Crippen molar-refractivity contribution in [2.24, 2.45) is 0 Å². The number of anilines is 2. The van der Waals surface area contributed by atoms with Gasteiger partial charge in [-0.15, -0.1) is 0 Å². The van der Waals surface area contributed by atoms with Crippen molar-refractivity contribution in [3.05, 3.63) is 41.7 Å². The van der Waals surface area contributed by atoms with Gasteiger partial charge in [0.05, 0.1) is 23.3 Å². The van der Waals surface area contributed by atoms with Gasteiger partial charge in [0.2, 0.25) is 0 Å². The van der Waals surface area contributed by atoms with Crippen LogP contribution in [-0.4, -0.2) is 24.1 Å². The highest BCUT2D eigenvalue weighted by molar-refractivity contribution is 6.05. The molecule has 1 aliphatic rings. The number of rotatable bonds is 2. The Morgan fingerprint density at radius 3 is 2.81 bits per heavy atom. The van der Waals surface area contributed by atoms with E-state index in [0.29, 0.717) is 47.3 Å². The molecule has 1 aliphatic heterocycles. The summed E-state index contributed by atoms with van der Waals surface area (Å²) in [6.07, 6.45) is 1.55. The molecule has 3 rings (SSSR count). The van der Waals surface area contributed by atoms with Gasteiger partial charge in [-0.2, -0.15) is 0 Å². The van der Waals surface area contributed by atoms with Crippen molar-refractivity contribution < 1.29 is 14.3 Å². The number of nitrogens with one attached hydrogen (secondary N) is 1. The molecule has 1 aromatic heterocycles. The number of nitrogen functional groups attached to an aromatic ring is 1. The lowest BCUT2D eigenvalue weighted by atomic mass is 10.1. The highest BCUT2D eigenvalue weighted by Crippen LogP contribution is 2.31. The van der Waals surface area contributed by atoms with E-state index in [4.69, 9.17) is 15.2 Å². The van der Waals surface area contributed by atoms with Crippen molar-refractivity contribution in [3.8, 4) is 11.5 Å². The van der Waals surface area contributed by atoms with E-state index >= 15 is 0 Å². The molecule has 2 aromatic rings. The summed E-state index contributed by atoms with van der Waals surface area (Å²) in [4.78, 5) is 16.4. The first-order chi connectivity index (χ1) is 10.1. The summed E-state index contributed by atoms with van der Waals surface area (Å²) in [7, 11) is 0. The van der Waals surface area contributed by atoms with E-state index in [0.717, 1.165) is 0 Å². The summed E-state index contributed by atoms with van der Waals surface area (Å²) in [6.45, 7) is 2.81. The number of hydrogen-bond acceptors (Lipinski definition) is 5. The standard InChI is InChI=1S/C15H15N3O3/c1-9-12(7-11(16)8-17-9)18-15(19)10-2-3-13-14(6-10)21-5-4-20-13/h2-3,6-8H,4-5,16H2,1H3,(H,18,19). The van der Waals surface area contributed by atoms with Gasteiger partial charge < -0.3 is 20.5 Å². The zero-order chi connectivity index (χ0) is 14.8. The number of pyridine rings is 1. The second-order valence-electron chi connectivity index (χ2n) is 4.71. The maximum absolute atomic E-state index is 12.3. The van der Waals surface area contributed by atoms with E-state index < -0.39 is 0 Å². The molecule has 0 saturated carbocycles. The van der Waals surface area contributed by atoms with Crippen LogP contribution in [0.1, 0.15) is 16.1 Å². The molecule has 0 radical (unpaired) electrons. The fourth-order valence-corrected chi connectivity index (χ4v) is 2.05. The molecule has 0 spiro atoms. The summed E-state index contributed by atoms with van der Waals surface area (Å²) < 4.78 is 10.9. The number of carbonyl (C=O) groups is 1. The molecule has 2 heterocycles. The minimum Gasteiger partial charge on any atom is -0.486 e. The molecular formula is C15H15N3O3. The smallest absolute Gasteiger partial charge is 0.255 e. The number of nitrogens with two attached hydrogens (primary N) is 1. The Morgan fingerprint density at radius 1 is 1.24 bits per heavy atom. The van der Waals surface area contributed by atoms with Crippen LogP contribution in [0.4, 0.5) is 11.4 Å². The zero-order valence-electron chi connectivity index (χ0n) is 11.6. The van der Waals surface area contributed by atoms with Gasteiger partial charge in [-0.05, 0) is 31.2 Å². The molecule has 0 atom stereocenters. The molecule has 0 fully saturated rings. The van der Waals surface area contributed by atoms with Gasteiger partial charge in [-0.1, -0.05) is 0 Å². The van der Waals surface area contributed by atoms with Crippen molar-refractivity contribution in [1.82, 2.24) is 4.98 Å². The Labute approximate surface area is 121 Å². The predicted molar refractivity (Wildman–Crippen MR) is 78.8 cm³/mol. The van der Waals surface area contributed by atoms with Gasteiger partial charge in [-0.3, -0.25) is 9.78 Å². The molecule has 6 nitrogen and oxygen atoms in total. The van der Waals surface area contributed by atoms with Crippen LogP contribution in [0.25, 0.3) is 0 Å². The first-order valence-corrected chi connectivity index (χ1v) is 6.56. The molecule has 21 heavy (non-hydrogen) atoms. The number of benzene rings is 1. The lowest BCUT2D eigenvalue weighted by Crippen LogP contribution is -2.17. The first kappa shape index (κ1) is 13.2. The third-order valence-corrected chi connectivity index (χ3v) is 3.16. The van der Waals surface area contributed by atoms with Gasteiger partial charge >= 0.3 is 0 Å². The van der Waals surface area contributed by atoms with Crippen LogP contribution in [0.5, 0.6) is 11.5 Å². The summed E-state index contributed by atoms with van der Waals surface area (Å²) in [5.74, 6) is 0.985. The second-order valence-corrected chi connectivity index (χ2v) is 4.71. The van der Waals surface area contributed by atoms with Crippen molar-refractivity contribution in [1.29, 1.82) is 0 Å². The lowest BCUT2D eigenvalue weighted by Gasteiger charge is -2.18. The summed E-state index contributed by atoms with van der Waals surface area (Å²) in [6, 6.07) is 6.77. The molecule has 0 bridgehead atoms. The zero-order valence-corrected chi connectivity index (χ0v) is 11.6. The number of amides is 1. The Morgan fingerprint density at radius 2 is 2.00 bits per heavy atom. The maximum Gasteiger partial charge on any atom is 0.255 e. The molecule has 1 amide bonds. The number of nitrogens with zero attached hydrogens (tertiary/aromatic N) is 1. The van der Waals surface area contributed by atoms with Gasteiger partial charge in [0.25, 0.3) is 5.91 Å². The van der Waals surface area contributed by atoms with Crippen molar-refractivity contribution >= 4 is 17.3 Å². The SMILES string of the molecule is Cc1ncc(N)cc1NC(=O)c1ccc2c(c1)OCCO2. The maximum atomic E-state index is 12.3. The molecule has 6 heteroatoms. The second kappa shape index (κ2) is 5.32. The number of aromatic nitrogens is 1.